The SMILES string of the molecule is CC(O)(CNC(=O)[C@H](NC(=O)OCC1c2ccccc2-c2ccccc21)C(C)(C)C)C(=O)O. The largest absolute Gasteiger partial charge is 0.479 e. The van der Waals surface area contributed by atoms with E-state index in [0.717, 1.165) is 29.2 Å². The lowest BCUT2D eigenvalue weighted by Crippen LogP contribution is -2.56. The van der Waals surface area contributed by atoms with Crippen LogP contribution in [0.1, 0.15) is 44.7 Å². The minimum atomic E-state index is -2.12. The molecule has 0 aliphatic heterocycles. The van der Waals surface area contributed by atoms with Crippen molar-refractivity contribution in [2.45, 2.75) is 45.3 Å². The first kappa shape index (κ1) is 24.3. The molecule has 2 atom stereocenters. The Morgan fingerprint density at radius 2 is 1.48 bits per heavy atom. The average molecular weight is 455 g/mol. The van der Waals surface area contributed by atoms with E-state index < -0.39 is 41.6 Å². The first-order chi connectivity index (χ1) is 15.4. The Morgan fingerprint density at radius 1 is 0.970 bits per heavy atom. The minimum absolute atomic E-state index is 0.103. The molecule has 2 amide bonds. The molecular weight excluding hydrogens is 424 g/mol. The van der Waals surface area contributed by atoms with Crippen LogP contribution in [0.25, 0.3) is 11.1 Å². The molecule has 1 aliphatic carbocycles. The number of aliphatic carboxylic acids is 1. The molecule has 2 aromatic rings. The van der Waals surface area contributed by atoms with Crippen LogP contribution in [-0.4, -0.2) is 53.0 Å². The van der Waals surface area contributed by atoms with Crippen molar-refractivity contribution in [2.24, 2.45) is 5.41 Å². The molecule has 0 radical (unpaired) electrons. The van der Waals surface area contributed by atoms with Gasteiger partial charge in [-0.15, -0.1) is 0 Å². The van der Waals surface area contributed by atoms with Crippen LogP contribution >= 0.6 is 0 Å². The Kier molecular flexibility index (Phi) is 6.78. The zero-order valence-electron chi connectivity index (χ0n) is 19.2. The van der Waals surface area contributed by atoms with Gasteiger partial charge in [-0.3, -0.25) is 4.79 Å². The highest BCUT2D eigenvalue weighted by atomic mass is 16.5. The number of nitrogens with one attached hydrogen (secondary N) is 2. The van der Waals surface area contributed by atoms with Crippen molar-refractivity contribution in [3.05, 3.63) is 59.7 Å². The molecule has 33 heavy (non-hydrogen) atoms. The van der Waals surface area contributed by atoms with Gasteiger partial charge in [0.1, 0.15) is 12.6 Å². The molecule has 3 rings (SSSR count). The molecular formula is C25H30N2O6. The van der Waals surface area contributed by atoms with Crippen LogP contribution in [0.2, 0.25) is 0 Å². The average Bonchev–Trinajstić information content (AvgIpc) is 3.07. The number of amides is 2. The Bertz CT molecular complexity index is 1010. The van der Waals surface area contributed by atoms with Crippen LogP contribution in [0, 0.1) is 5.41 Å². The van der Waals surface area contributed by atoms with Crippen LogP contribution in [0.15, 0.2) is 48.5 Å². The third-order valence-electron chi connectivity index (χ3n) is 5.80. The van der Waals surface area contributed by atoms with Crippen LogP contribution < -0.4 is 10.6 Å². The van der Waals surface area contributed by atoms with E-state index in [1.807, 2.05) is 48.5 Å². The summed E-state index contributed by atoms with van der Waals surface area (Å²) in [5, 5.41) is 23.9. The maximum absolute atomic E-state index is 12.7. The lowest BCUT2D eigenvalue weighted by Gasteiger charge is -2.31. The summed E-state index contributed by atoms with van der Waals surface area (Å²) in [7, 11) is 0. The monoisotopic (exact) mass is 454 g/mol. The number of ether oxygens (including phenoxy) is 1. The second kappa shape index (κ2) is 9.23. The fourth-order valence-corrected chi connectivity index (χ4v) is 3.87. The standard InChI is InChI=1S/C25H30N2O6/c1-24(2,3)20(21(28)26-14-25(4,32)22(29)30)27-23(31)33-13-19-17-11-7-5-9-15(17)16-10-6-8-12-18(16)19/h5-12,19-20,32H,13-14H2,1-4H3,(H,26,28)(H,27,31)(H,29,30)/t20-,25?/m0/s1. The van der Waals surface area contributed by atoms with Crippen molar-refractivity contribution < 1.29 is 29.3 Å². The van der Waals surface area contributed by atoms with E-state index in [2.05, 4.69) is 10.6 Å². The van der Waals surface area contributed by atoms with E-state index in [4.69, 9.17) is 9.84 Å². The van der Waals surface area contributed by atoms with E-state index in [9.17, 15) is 19.5 Å². The van der Waals surface area contributed by atoms with Crippen molar-refractivity contribution in [1.82, 2.24) is 10.6 Å². The minimum Gasteiger partial charge on any atom is -0.479 e. The van der Waals surface area contributed by atoms with Gasteiger partial charge in [0, 0.05) is 5.92 Å². The van der Waals surface area contributed by atoms with Gasteiger partial charge in [-0.2, -0.15) is 0 Å². The molecule has 1 unspecified atom stereocenters. The normalized spacial score (nSPS) is 15.5. The summed E-state index contributed by atoms with van der Waals surface area (Å²) in [6.45, 7) is 5.97. The first-order valence-electron chi connectivity index (χ1n) is 10.8. The van der Waals surface area contributed by atoms with Crippen molar-refractivity contribution in [3.63, 3.8) is 0 Å². The Hall–Kier alpha value is -3.39. The Morgan fingerprint density at radius 3 is 1.97 bits per heavy atom. The third kappa shape index (κ3) is 5.34. The van der Waals surface area contributed by atoms with Gasteiger partial charge in [-0.05, 0) is 34.6 Å². The van der Waals surface area contributed by atoms with Crippen LogP contribution in [0.3, 0.4) is 0 Å². The summed E-state index contributed by atoms with van der Waals surface area (Å²) in [5.74, 6) is -2.19. The van der Waals surface area contributed by atoms with Gasteiger partial charge in [-0.25, -0.2) is 9.59 Å². The fraction of sp³-hybridized carbons (Fsp3) is 0.400. The zero-order valence-corrected chi connectivity index (χ0v) is 19.2. The molecule has 8 heteroatoms. The van der Waals surface area contributed by atoms with Gasteiger partial charge in [0.15, 0.2) is 5.60 Å². The lowest BCUT2D eigenvalue weighted by atomic mass is 9.86. The van der Waals surface area contributed by atoms with Crippen LogP contribution in [-0.2, 0) is 14.3 Å². The Balaban J connectivity index is 1.67. The highest BCUT2D eigenvalue weighted by Gasteiger charge is 2.37. The van der Waals surface area contributed by atoms with E-state index in [-0.39, 0.29) is 12.5 Å². The number of carbonyl (C=O) groups is 3. The molecule has 8 nitrogen and oxygen atoms in total. The fourth-order valence-electron chi connectivity index (χ4n) is 3.87. The highest BCUT2D eigenvalue weighted by molar-refractivity contribution is 5.87. The number of hydrogen-bond donors (Lipinski definition) is 4. The van der Waals surface area contributed by atoms with Crippen LogP contribution in [0.4, 0.5) is 4.79 Å². The molecule has 1 aliphatic rings. The van der Waals surface area contributed by atoms with Crippen molar-refractivity contribution in [3.8, 4) is 11.1 Å². The van der Waals surface area contributed by atoms with Gasteiger partial charge < -0.3 is 25.6 Å². The third-order valence-corrected chi connectivity index (χ3v) is 5.80. The van der Waals surface area contributed by atoms with Gasteiger partial charge in [0.05, 0.1) is 6.54 Å². The summed E-state index contributed by atoms with van der Waals surface area (Å²) in [5.41, 5.74) is 1.56. The van der Waals surface area contributed by atoms with Crippen molar-refractivity contribution in [1.29, 1.82) is 0 Å². The quantitative estimate of drug-likeness (QED) is 0.510. The number of rotatable bonds is 7. The predicted molar refractivity (Wildman–Crippen MR) is 123 cm³/mol. The number of alkyl carbamates (subject to hydrolysis) is 1. The maximum Gasteiger partial charge on any atom is 0.407 e. The summed E-state index contributed by atoms with van der Waals surface area (Å²) < 4.78 is 5.53. The van der Waals surface area contributed by atoms with E-state index >= 15 is 0 Å². The van der Waals surface area contributed by atoms with E-state index in [0.29, 0.717) is 0 Å². The molecule has 4 N–H and O–H groups in total. The number of carbonyl (C=O) groups excluding carboxylic acids is 2. The summed E-state index contributed by atoms with van der Waals surface area (Å²) in [4.78, 5) is 36.4. The first-order valence-corrected chi connectivity index (χ1v) is 10.8. The lowest BCUT2D eigenvalue weighted by molar-refractivity contribution is -0.156. The summed E-state index contributed by atoms with van der Waals surface area (Å²) in [6, 6.07) is 15.0. The summed E-state index contributed by atoms with van der Waals surface area (Å²) >= 11 is 0. The van der Waals surface area contributed by atoms with Crippen molar-refractivity contribution >= 4 is 18.0 Å². The maximum atomic E-state index is 12.7. The van der Waals surface area contributed by atoms with Gasteiger partial charge in [0.25, 0.3) is 0 Å². The molecule has 176 valence electrons. The molecule has 0 bridgehead atoms. The van der Waals surface area contributed by atoms with E-state index in [1.165, 1.54) is 0 Å². The number of aliphatic hydroxyl groups is 1. The predicted octanol–water partition coefficient (Wildman–Crippen LogP) is 2.89. The highest BCUT2D eigenvalue weighted by Crippen LogP contribution is 2.44. The Labute approximate surface area is 193 Å². The van der Waals surface area contributed by atoms with Gasteiger partial charge >= 0.3 is 12.1 Å². The molecule has 2 aromatic carbocycles. The topological polar surface area (TPSA) is 125 Å². The molecule has 0 aromatic heterocycles. The zero-order chi connectivity index (χ0) is 24.4. The van der Waals surface area contributed by atoms with Crippen LogP contribution in [0.5, 0.6) is 0 Å². The molecule has 0 spiro atoms. The second-order valence-corrected chi connectivity index (χ2v) is 9.57. The van der Waals surface area contributed by atoms with Gasteiger partial charge in [0.2, 0.25) is 5.91 Å². The summed E-state index contributed by atoms with van der Waals surface area (Å²) in [6.07, 6.45) is -0.753. The number of carboxylic acid groups (broad SMARTS) is 1. The second-order valence-electron chi connectivity index (χ2n) is 9.57. The van der Waals surface area contributed by atoms with E-state index in [1.54, 1.807) is 20.8 Å². The van der Waals surface area contributed by atoms with Gasteiger partial charge in [-0.1, -0.05) is 69.3 Å². The molecule has 0 saturated heterocycles. The number of fused-ring (bicyclic) bond motifs is 3. The number of hydrogen-bond acceptors (Lipinski definition) is 5. The smallest absolute Gasteiger partial charge is 0.407 e. The molecule has 0 heterocycles. The molecule has 0 fully saturated rings. The molecule has 0 saturated carbocycles. The number of benzene rings is 2. The number of carboxylic acids is 1. The van der Waals surface area contributed by atoms with Crippen molar-refractivity contribution in [2.75, 3.05) is 13.2 Å².